The summed E-state index contributed by atoms with van der Waals surface area (Å²) in [5, 5.41) is 0. The van der Waals surface area contributed by atoms with Crippen LogP contribution in [-0.4, -0.2) is 60.2 Å². The van der Waals surface area contributed by atoms with Crippen LogP contribution in [0.25, 0.3) is 0 Å². The highest BCUT2D eigenvalue weighted by molar-refractivity contribution is 7.59. The molecule has 0 aromatic heterocycles. The Hall–Kier alpha value is -3.21. The maximum atomic E-state index is 13.4. The first-order valence-corrected chi connectivity index (χ1v) is 12.9. The summed E-state index contributed by atoms with van der Waals surface area (Å²) < 4.78 is 30.3. The Bertz CT molecular complexity index is 1280. The van der Waals surface area contributed by atoms with Crippen LogP contribution < -0.4 is 4.74 Å². The third kappa shape index (κ3) is 4.50. The normalized spacial score (nSPS) is 28.6. The minimum absolute atomic E-state index is 0.217. The van der Waals surface area contributed by atoms with Gasteiger partial charge in [-0.05, 0) is 35.3 Å². The van der Waals surface area contributed by atoms with E-state index in [4.69, 9.17) is 36.3 Å². The summed E-state index contributed by atoms with van der Waals surface area (Å²) in [6, 6.07) is 22.9. The average Bonchev–Trinajstić information content (AvgIpc) is 3.21. The van der Waals surface area contributed by atoms with Gasteiger partial charge in [-0.25, -0.2) is 0 Å². The number of carbonyl (C=O) groups excluding carboxylic acids is 2. The molecule has 0 radical (unpaired) electrons. The molecule has 6 atom stereocenters. The SMILES string of the molecule is COc1ccc(C2OC[C@H]3O[C@@H]([S-])[C@H](N4C(=O)c5ccccc5C4=O)[C@@H](OCc4ccccc4)[C@H]3O2)cc1. The summed E-state index contributed by atoms with van der Waals surface area (Å²) >= 11 is 5.72. The lowest BCUT2D eigenvalue weighted by Gasteiger charge is -2.54. The third-order valence-corrected chi connectivity index (χ3v) is 7.49. The van der Waals surface area contributed by atoms with E-state index < -0.39 is 47.9 Å². The molecule has 2 amide bonds. The molecular formula is C29H26NO7S-. The van der Waals surface area contributed by atoms with Gasteiger partial charge in [0.05, 0.1) is 37.5 Å². The predicted molar refractivity (Wildman–Crippen MR) is 138 cm³/mol. The minimum atomic E-state index is -0.913. The van der Waals surface area contributed by atoms with Gasteiger partial charge in [0.1, 0.15) is 24.1 Å². The number of ether oxygens (including phenoxy) is 5. The zero-order valence-electron chi connectivity index (χ0n) is 20.6. The molecule has 6 rings (SSSR count). The summed E-state index contributed by atoms with van der Waals surface area (Å²) in [6.07, 6.45) is -2.62. The van der Waals surface area contributed by atoms with E-state index >= 15 is 0 Å². The highest BCUT2D eigenvalue weighted by Gasteiger charge is 2.53. The number of hydrogen-bond acceptors (Lipinski definition) is 8. The fourth-order valence-corrected chi connectivity index (χ4v) is 5.62. The van der Waals surface area contributed by atoms with Crippen molar-refractivity contribution in [2.75, 3.05) is 13.7 Å². The van der Waals surface area contributed by atoms with Crippen molar-refractivity contribution in [3.63, 3.8) is 0 Å². The maximum absolute atomic E-state index is 13.4. The van der Waals surface area contributed by atoms with Crippen LogP contribution in [0.4, 0.5) is 0 Å². The summed E-state index contributed by atoms with van der Waals surface area (Å²) in [5.41, 5.74) is 1.50. The van der Waals surface area contributed by atoms with E-state index in [0.717, 1.165) is 11.1 Å². The van der Waals surface area contributed by atoms with Gasteiger partial charge in [0.25, 0.3) is 11.8 Å². The topological polar surface area (TPSA) is 83.5 Å². The van der Waals surface area contributed by atoms with E-state index in [1.165, 1.54) is 4.90 Å². The summed E-state index contributed by atoms with van der Waals surface area (Å²) in [7, 11) is 1.60. The Kier molecular flexibility index (Phi) is 6.94. The highest BCUT2D eigenvalue weighted by Crippen LogP contribution is 2.39. The number of benzene rings is 3. The molecule has 0 bridgehead atoms. The average molecular weight is 533 g/mol. The predicted octanol–water partition coefficient (Wildman–Crippen LogP) is 3.63. The fraction of sp³-hybridized carbons (Fsp3) is 0.310. The molecule has 3 aliphatic rings. The van der Waals surface area contributed by atoms with Crippen molar-refractivity contribution in [2.24, 2.45) is 0 Å². The molecule has 0 N–H and O–H groups in total. The van der Waals surface area contributed by atoms with Crippen LogP contribution >= 0.6 is 0 Å². The third-order valence-electron chi connectivity index (χ3n) is 7.10. The molecule has 3 aliphatic heterocycles. The first-order valence-electron chi connectivity index (χ1n) is 12.4. The van der Waals surface area contributed by atoms with E-state index in [-0.39, 0.29) is 13.2 Å². The molecule has 196 valence electrons. The van der Waals surface area contributed by atoms with Gasteiger partial charge in [0, 0.05) is 5.56 Å². The summed E-state index contributed by atoms with van der Waals surface area (Å²) in [4.78, 5) is 28.1. The second-order valence-electron chi connectivity index (χ2n) is 9.36. The van der Waals surface area contributed by atoms with Crippen LogP contribution in [0.15, 0.2) is 78.9 Å². The molecule has 9 heteroatoms. The van der Waals surface area contributed by atoms with Crippen molar-refractivity contribution in [1.82, 2.24) is 4.90 Å². The maximum Gasteiger partial charge on any atom is 0.261 e. The molecule has 3 aromatic rings. The Morgan fingerprint density at radius 2 is 1.55 bits per heavy atom. The second kappa shape index (κ2) is 10.5. The van der Waals surface area contributed by atoms with Gasteiger partial charge in [-0.1, -0.05) is 54.6 Å². The van der Waals surface area contributed by atoms with E-state index in [0.29, 0.717) is 16.9 Å². The number of rotatable bonds is 6. The molecular weight excluding hydrogens is 506 g/mol. The van der Waals surface area contributed by atoms with Crippen LogP contribution in [0.5, 0.6) is 5.75 Å². The number of methoxy groups -OCH3 is 1. The highest BCUT2D eigenvalue weighted by atomic mass is 32.1. The van der Waals surface area contributed by atoms with E-state index in [2.05, 4.69) is 0 Å². The smallest absolute Gasteiger partial charge is 0.261 e. The Labute approximate surface area is 225 Å². The molecule has 2 saturated heterocycles. The second-order valence-corrected chi connectivity index (χ2v) is 9.82. The molecule has 3 heterocycles. The molecule has 1 unspecified atom stereocenters. The lowest BCUT2D eigenvalue weighted by Crippen LogP contribution is -2.67. The standard InChI is InChI=1S/C29H27NO7S/c1-33-19-13-11-18(12-14-19)28-35-16-22-24(37-28)25(34-15-17-7-3-2-4-8-17)23(29(38)36-22)30-26(31)20-9-5-6-10-21(20)27(30)32/h2-14,22-25,28-29,38H,15-16H2,1H3/p-1/t22-,23-,24+,25-,28?,29+/m1/s1. The largest absolute Gasteiger partial charge is 0.759 e. The Morgan fingerprint density at radius 3 is 2.21 bits per heavy atom. The molecule has 2 fully saturated rings. The van der Waals surface area contributed by atoms with E-state index in [9.17, 15) is 9.59 Å². The number of nitrogens with zero attached hydrogens (tertiary/aromatic N) is 1. The Morgan fingerprint density at radius 1 is 0.895 bits per heavy atom. The van der Waals surface area contributed by atoms with Crippen LogP contribution in [0.2, 0.25) is 0 Å². The van der Waals surface area contributed by atoms with E-state index in [1.807, 2.05) is 54.6 Å². The molecule has 0 saturated carbocycles. The fourth-order valence-electron chi connectivity index (χ4n) is 5.20. The Balaban J connectivity index is 1.33. The van der Waals surface area contributed by atoms with Crippen molar-refractivity contribution >= 4 is 24.4 Å². The van der Waals surface area contributed by atoms with Crippen LogP contribution in [0.1, 0.15) is 38.1 Å². The van der Waals surface area contributed by atoms with E-state index in [1.54, 1.807) is 31.4 Å². The monoisotopic (exact) mass is 532 g/mol. The van der Waals surface area contributed by atoms with Gasteiger partial charge in [-0.2, -0.15) is 0 Å². The van der Waals surface area contributed by atoms with Gasteiger partial charge in [-0.3, -0.25) is 14.5 Å². The lowest BCUT2D eigenvalue weighted by molar-refractivity contribution is -0.316. The number of hydrogen-bond donors (Lipinski definition) is 0. The van der Waals surface area contributed by atoms with Gasteiger partial charge < -0.3 is 36.3 Å². The first-order chi connectivity index (χ1) is 18.5. The minimum Gasteiger partial charge on any atom is -0.759 e. The van der Waals surface area contributed by atoms with Crippen molar-refractivity contribution < 1.29 is 33.3 Å². The van der Waals surface area contributed by atoms with Gasteiger partial charge >= 0.3 is 0 Å². The zero-order valence-corrected chi connectivity index (χ0v) is 21.4. The summed E-state index contributed by atoms with van der Waals surface area (Å²) in [5.74, 6) is -0.119. The molecule has 38 heavy (non-hydrogen) atoms. The van der Waals surface area contributed by atoms with Gasteiger partial charge in [0.15, 0.2) is 6.29 Å². The quantitative estimate of drug-likeness (QED) is 0.352. The first kappa shape index (κ1) is 25.1. The number of fused-ring (bicyclic) bond motifs is 2. The molecule has 3 aromatic carbocycles. The molecule has 8 nitrogen and oxygen atoms in total. The van der Waals surface area contributed by atoms with Crippen molar-refractivity contribution in [2.45, 2.75) is 42.7 Å². The van der Waals surface area contributed by atoms with Crippen molar-refractivity contribution in [1.29, 1.82) is 0 Å². The number of imide groups is 1. The van der Waals surface area contributed by atoms with Gasteiger partial charge in [-0.15, -0.1) is 0 Å². The number of carbonyl (C=O) groups is 2. The van der Waals surface area contributed by atoms with Crippen LogP contribution in [0, 0.1) is 0 Å². The lowest BCUT2D eigenvalue weighted by atomic mass is 9.95. The van der Waals surface area contributed by atoms with Crippen molar-refractivity contribution in [3.8, 4) is 5.75 Å². The van der Waals surface area contributed by atoms with Gasteiger partial charge in [0.2, 0.25) is 0 Å². The summed E-state index contributed by atoms with van der Waals surface area (Å²) in [6.45, 7) is 0.461. The number of amides is 2. The van der Waals surface area contributed by atoms with Crippen molar-refractivity contribution in [3.05, 3.63) is 101 Å². The van der Waals surface area contributed by atoms with Crippen LogP contribution in [0.3, 0.4) is 0 Å². The molecule has 0 aliphatic carbocycles. The zero-order chi connectivity index (χ0) is 26.2. The van der Waals surface area contributed by atoms with Crippen LogP contribution in [-0.2, 0) is 38.2 Å². The molecule has 0 spiro atoms.